The molecular weight excluding hydrogens is 308 g/mol. The van der Waals surface area contributed by atoms with E-state index in [1.165, 1.54) is 49.9 Å². The molecule has 23 heavy (non-hydrogen) atoms. The number of halogens is 1. The average Bonchev–Trinajstić information content (AvgIpc) is 2.59. The molecule has 0 saturated carbocycles. The molecule has 3 nitrogen and oxygen atoms in total. The second-order valence-electron chi connectivity index (χ2n) is 7.63. The number of piperidine rings is 3. The Hall–Kier alpha value is -1.06. The number of benzene rings is 1. The molecule has 1 aromatic carbocycles. The molecule has 3 fully saturated rings. The second-order valence-corrected chi connectivity index (χ2v) is 7.63. The number of hydrogen-bond acceptors (Lipinski definition) is 2. The van der Waals surface area contributed by atoms with Crippen molar-refractivity contribution < 1.29 is 4.79 Å². The summed E-state index contributed by atoms with van der Waals surface area (Å²) in [5, 5.41) is 0. The third-order valence-corrected chi connectivity index (χ3v) is 6.53. The summed E-state index contributed by atoms with van der Waals surface area (Å²) in [7, 11) is 0. The summed E-state index contributed by atoms with van der Waals surface area (Å²) >= 11 is 0. The highest BCUT2D eigenvalue weighted by atomic mass is 35.5. The minimum Gasteiger partial charge on any atom is -0.333 e. The maximum Gasteiger partial charge on any atom is 0.254 e. The van der Waals surface area contributed by atoms with Crippen LogP contribution in [0.1, 0.15) is 53.1 Å². The third kappa shape index (κ3) is 2.32. The maximum absolute atomic E-state index is 13.1. The van der Waals surface area contributed by atoms with Gasteiger partial charge in [-0.3, -0.25) is 4.79 Å². The summed E-state index contributed by atoms with van der Waals surface area (Å²) in [4.78, 5) is 18.0. The van der Waals surface area contributed by atoms with Crippen LogP contribution < -0.4 is 0 Å². The summed E-state index contributed by atoms with van der Waals surface area (Å²) in [5.41, 5.74) is 3.86. The minimum absolute atomic E-state index is 0. The van der Waals surface area contributed by atoms with E-state index in [2.05, 4.69) is 28.0 Å². The highest BCUT2D eigenvalue weighted by Crippen LogP contribution is 2.41. The van der Waals surface area contributed by atoms with Crippen LogP contribution in [0.25, 0.3) is 0 Å². The highest BCUT2D eigenvalue weighted by Gasteiger charge is 2.43. The van der Waals surface area contributed by atoms with Gasteiger partial charge >= 0.3 is 0 Å². The zero-order chi connectivity index (χ0) is 14.7. The number of carbonyl (C=O) groups excluding carboxylic acids is 1. The van der Waals surface area contributed by atoms with Crippen molar-refractivity contribution >= 4 is 18.3 Å². The minimum atomic E-state index is 0. The molecule has 1 aliphatic carbocycles. The standard InChI is InChI=1S/C19H24N2O.ClH/c22-19-16-6-2-4-14-3-1-5-15(18(14)16)11-21(19)17-12-20-9-7-13(17)8-10-20;/h2,4,6,13,15,17H,1,3,5,7-12H2;1H/t15?,17-;/m0./s1. The first-order valence-corrected chi connectivity index (χ1v) is 8.96. The molecule has 5 aliphatic rings. The average molecular weight is 333 g/mol. The molecule has 1 amide bonds. The number of hydrogen-bond donors (Lipinski definition) is 0. The molecule has 6 rings (SSSR count). The van der Waals surface area contributed by atoms with Gasteiger partial charge in [0.2, 0.25) is 0 Å². The van der Waals surface area contributed by atoms with Gasteiger partial charge in [0, 0.05) is 30.6 Å². The lowest BCUT2D eigenvalue weighted by molar-refractivity contribution is 0.00258. The van der Waals surface area contributed by atoms with Gasteiger partial charge in [0.1, 0.15) is 0 Å². The fourth-order valence-electron chi connectivity index (χ4n) is 5.41. The van der Waals surface area contributed by atoms with Gasteiger partial charge in [-0.25, -0.2) is 0 Å². The van der Waals surface area contributed by atoms with Gasteiger partial charge in [-0.1, -0.05) is 12.1 Å². The molecule has 0 aromatic heterocycles. The largest absolute Gasteiger partial charge is 0.333 e. The summed E-state index contributed by atoms with van der Waals surface area (Å²) in [6.07, 6.45) is 6.27. The van der Waals surface area contributed by atoms with Crippen LogP contribution in [0.3, 0.4) is 0 Å². The lowest BCUT2D eigenvalue weighted by atomic mass is 9.75. The van der Waals surface area contributed by atoms with Crippen LogP contribution >= 0.6 is 12.4 Å². The molecule has 4 aliphatic heterocycles. The number of nitrogens with zero attached hydrogens (tertiary/aromatic N) is 2. The van der Waals surface area contributed by atoms with Gasteiger partial charge in [0.15, 0.2) is 0 Å². The first kappa shape index (κ1) is 15.5. The summed E-state index contributed by atoms with van der Waals surface area (Å²) < 4.78 is 0. The topological polar surface area (TPSA) is 23.6 Å². The Kier molecular flexibility index (Phi) is 3.89. The van der Waals surface area contributed by atoms with Gasteiger partial charge in [-0.2, -0.15) is 0 Å². The number of carbonyl (C=O) groups is 1. The fraction of sp³-hybridized carbons (Fsp3) is 0.632. The third-order valence-electron chi connectivity index (χ3n) is 6.53. The Morgan fingerprint density at radius 1 is 1.04 bits per heavy atom. The monoisotopic (exact) mass is 332 g/mol. The molecule has 2 bridgehead atoms. The van der Waals surface area contributed by atoms with E-state index in [0.717, 1.165) is 31.0 Å². The summed E-state index contributed by atoms with van der Waals surface area (Å²) in [6, 6.07) is 6.87. The van der Waals surface area contributed by atoms with Crippen LogP contribution in [-0.2, 0) is 6.42 Å². The van der Waals surface area contributed by atoms with Crippen LogP contribution in [0.4, 0.5) is 0 Å². The fourth-order valence-corrected chi connectivity index (χ4v) is 5.41. The predicted molar refractivity (Wildman–Crippen MR) is 93.4 cm³/mol. The van der Waals surface area contributed by atoms with Gasteiger partial charge in [0.25, 0.3) is 5.91 Å². The van der Waals surface area contributed by atoms with E-state index < -0.39 is 0 Å². The van der Waals surface area contributed by atoms with Gasteiger partial charge in [0.05, 0.1) is 0 Å². The Morgan fingerprint density at radius 3 is 2.61 bits per heavy atom. The number of amides is 1. The molecule has 3 saturated heterocycles. The van der Waals surface area contributed by atoms with Crippen LogP contribution in [0, 0.1) is 5.92 Å². The van der Waals surface area contributed by atoms with E-state index in [4.69, 9.17) is 0 Å². The van der Waals surface area contributed by atoms with E-state index in [-0.39, 0.29) is 12.4 Å². The zero-order valence-corrected chi connectivity index (χ0v) is 14.4. The Labute approximate surface area is 144 Å². The normalized spacial score (nSPS) is 34.8. The van der Waals surface area contributed by atoms with Crippen molar-refractivity contribution in [3.8, 4) is 0 Å². The summed E-state index contributed by atoms with van der Waals surface area (Å²) in [6.45, 7) is 4.57. The van der Waals surface area contributed by atoms with Gasteiger partial charge in [-0.05, 0) is 68.3 Å². The molecule has 1 unspecified atom stereocenters. The number of aryl methyl sites for hydroxylation is 1. The van der Waals surface area contributed by atoms with E-state index in [0.29, 0.717) is 17.9 Å². The number of fused-ring (bicyclic) bond motifs is 3. The molecule has 1 aromatic rings. The van der Waals surface area contributed by atoms with Crippen LogP contribution in [0.15, 0.2) is 18.2 Å². The lowest BCUT2D eigenvalue weighted by Gasteiger charge is -2.51. The van der Waals surface area contributed by atoms with Crippen molar-refractivity contribution in [2.45, 2.75) is 44.1 Å². The maximum atomic E-state index is 13.1. The van der Waals surface area contributed by atoms with E-state index in [1.807, 2.05) is 0 Å². The van der Waals surface area contributed by atoms with E-state index >= 15 is 0 Å². The van der Waals surface area contributed by atoms with Crippen molar-refractivity contribution in [3.63, 3.8) is 0 Å². The van der Waals surface area contributed by atoms with Gasteiger partial charge < -0.3 is 9.80 Å². The molecular formula is C19H25ClN2O. The SMILES string of the molecule is Cl.O=C1c2cccc3c2C(CCC3)CN1[C@H]1CN2CCC1CC2. The molecule has 0 radical (unpaired) electrons. The van der Waals surface area contributed by atoms with Crippen molar-refractivity contribution in [1.82, 2.24) is 9.80 Å². The van der Waals surface area contributed by atoms with Gasteiger partial charge in [-0.15, -0.1) is 12.4 Å². The van der Waals surface area contributed by atoms with Crippen molar-refractivity contribution in [2.24, 2.45) is 5.92 Å². The Bertz CT molecular complexity index is 624. The lowest BCUT2D eigenvalue weighted by Crippen LogP contribution is -2.60. The molecule has 4 heterocycles. The van der Waals surface area contributed by atoms with Crippen LogP contribution in [0.5, 0.6) is 0 Å². The van der Waals surface area contributed by atoms with Crippen LogP contribution in [-0.4, -0.2) is 47.9 Å². The predicted octanol–water partition coefficient (Wildman–Crippen LogP) is 3.08. The summed E-state index contributed by atoms with van der Waals surface area (Å²) in [5.74, 6) is 1.64. The quantitative estimate of drug-likeness (QED) is 0.789. The van der Waals surface area contributed by atoms with Crippen molar-refractivity contribution in [3.05, 3.63) is 34.9 Å². The van der Waals surface area contributed by atoms with E-state index in [9.17, 15) is 4.79 Å². The molecule has 124 valence electrons. The molecule has 0 spiro atoms. The molecule has 0 N–H and O–H groups in total. The van der Waals surface area contributed by atoms with Crippen molar-refractivity contribution in [1.29, 1.82) is 0 Å². The van der Waals surface area contributed by atoms with E-state index in [1.54, 1.807) is 0 Å². The molecule has 4 heteroatoms. The van der Waals surface area contributed by atoms with Crippen LogP contribution in [0.2, 0.25) is 0 Å². The Balaban J connectivity index is 0.00000135. The highest BCUT2D eigenvalue weighted by molar-refractivity contribution is 5.98. The smallest absolute Gasteiger partial charge is 0.254 e. The Morgan fingerprint density at radius 2 is 1.87 bits per heavy atom. The number of rotatable bonds is 1. The van der Waals surface area contributed by atoms with Crippen molar-refractivity contribution in [2.75, 3.05) is 26.2 Å². The molecule has 2 atom stereocenters. The first-order valence-electron chi connectivity index (χ1n) is 8.96. The second kappa shape index (κ2) is 5.78. The zero-order valence-electron chi connectivity index (χ0n) is 13.5. The first-order chi connectivity index (χ1) is 10.8.